The molecule has 0 aliphatic rings. The molecule has 0 aliphatic carbocycles. The Bertz CT molecular complexity index is 1080. The lowest BCUT2D eigenvalue weighted by Crippen LogP contribution is -2.19. The Morgan fingerprint density at radius 1 is 1.17 bits per heavy atom. The number of primary amides is 1. The summed E-state index contributed by atoms with van der Waals surface area (Å²) < 4.78 is 1.96. The number of thiazole rings is 1. The summed E-state index contributed by atoms with van der Waals surface area (Å²) in [7, 11) is 0. The molecule has 7 nitrogen and oxygen atoms in total. The second-order valence-corrected chi connectivity index (χ2v) is 6.90. The smallest absolute Gasteiger partial charge is 0.316 e. The fourth-order valence-electron chi connectivity index (χ4n) is 2.37. The highest BCUT2D eigenvalue weighted by atomic mass is 32.1. The quantitative estimate of drug-likeness (QED) is 0.524. The molecule has 4 N–H and O–H groups in total. The number of anilines is 2. The highest BCUT2D eigenvalue weighted by molar-refractivity contribution is 7.21. The first-order valence-electron chi connectivity index (χ1n) is 6.93. The van der Waals surface area contributed by atoms with Gasteiger partial charge in [0.05, 0.1) is 10.4 Å². The monoisotopic (exact) mass is 357 g/mol. The van der Waals surface area contributed by atoms with Gasteiger partial charge in [-0.1, -0.05) is 6.07 Å². The molecule has 3 amide bonds. The molecule has 9 heteroatoms. The van der Waals surface area contributed by atoms with Crippen LogP contribution >= 0.6 is 22.7 Å². The van der Waals surface area contributed by atoms with Crippen LogP contribution < -0.4 is 16.4 Å². The number of imidazole rings is 1. The van der Waals surface area contributed by atoms with Crippen molar-refractivity contribution in [1.29, 1.82) is 0 Å². The molecule has 0 bridgehead atoms. The summed E-state index contributed by atoms with van der Waals surface area (Å²) in [6, 6.07) is 7.96. The van der Waals surface area contributed by atoms with Crippen molar-refractivity contribution in [2.45, 2.75) is 0 Å². The van der Waals surface area contributed by atoms with Crippen molar-refractivity contribution in [3.8, 4) is 0 Å². The van der Waals surface area contributed by atoms with E-state index in [4.69, 9.17) is 5.73 Å². The molecular formula is C15H11N5O2S2. The van der Waals surface area contributed by atoms with E-state index in [1.165, 1.54) is 11.3 Å². The summed E-state index contributed by atoms with van der Waals surface area (Å²) in [4.78, 5) is 30.1. The van der Waals surface area contributed by atoms with E-state index in [-0.39, 0.29) is 5.91 Å². The van der Waals surface area contributed by atoms with Crippen molar-refractivity contribution in [2.75, 3.05) is 10.6 Å². The van der Waals surface area contributed by atoms with Gasteiger partial charge in [-0.05, 0) is 24.3 Å². The molecule has 0 saturated heterocycles. The van der Waals surface area contributed by atoms with E-state index >= 15 is 0 Å². The van der Waals surface area contributed by atoms with Gasteiger partial charge in [-0.25, -0.2) is 9.78 Å². The number of carbonyl (C=O) groups excluding carboxylic acids is 2. The van der Waals surface area contributed by atoms with Crippen LogP contribution in [0, 0.1) is 0 Å². The fourth-order valence-corrected chi connectivity index (χ4v) is 4.06. The molecule has 0 spiro atoms. The Morgan fingerprint density at radius 3 is 2.75 bits per heavy atom. The molecule has 24 heavy (non-hydrogen) atoms. The number of hydrogen-bond donors (Lipinski definition) is 3. The maximum absolute atomic E-state index is 12.4. The van der Waals surface area contributed by atoms with Gasteiger partial charge in [0.1, 0.15) is 4.83 Å². The number of amides is 3. The third-order valence-electron chi connectivity index (χ3n) is 3.35. The van der Waals surface area contributed by atoms with Gasteiger partial charge in [-0.3, -0.25) is 9.20 Å². The minimum atomic E-state index is -0.654. The van der Waals surface area contributed by atoms with E-state index in [1.807, 2.05) is 22.0 Å². The van der Waals surface area contributed by atoms with E-state index in [9.17, 15) is 9.59 Å². The van der Waals surface area contributed by atoms with Crippen molar-refractivity contribution in [3.63, 3.8) is 0 Å². The van der Waals surface area contributed by atoms with Gasteiger partial charge in [0, 0.05) is 23.0 Å². The van der Waals surface area contributed by atoms with Gasteiger partial charge < -0.3 is 16.4 Å². The van der Waals surface area contributed by atoms with Crippen LogP contribution in [0.5, 0.6) is 0 Å². The summed E-state index contributed by atoms with van der Waals surface area (Å²) in [5.74, 6) is -0.224. The number of nitrogens with one attached hydrogen (secondary N) is 2. The third-order valence-corrected chi connectivity index (χ3v) is 5.13. The van der Waals surface area contributed by atoms with Crippen LogP contribution in [0.1, 0.15) is 9.67 Å². The van der Waals surface area contributed by atoms with Crippen LogP contribution in [0.2, 0.25) is 0 Å². The first-order valence-corrected chi connectivity index (χ1v) is 8.63. The predicted molar refractivity (Wildman–Crippen MR) is 96.1 cm³/mol. The average molecular weight is 357 g/mol. The third kappa shape index (κ3) is 2.59. The van der Waals surface area contributed by atoms with Gasteiger partial charge in [0.25, 0.3) is 5.91 Å². The standard InChI is InChI=1S/C15H11N5O2S2/c16-14(22)18-9-3-1-2-8(6-9)17-12(21)11-7-10-13(24-11)19-15-20(10)4-5-23-15/h1-7H,(H,17,21)(H3,16,18,22). The van der Waals surface area contributed by atoms with Crippen molar-refractivity contribution >= 4 is 61.3 Å². The Hall–Kier alpha value is -2.91. The molecule has 4 rings (SSSR count). The number of hydrogen-bond acceptors (Lipinski definition) is 5. The van der Waals surface area contributed by atoms with Crippen molar-refractivity contribution < 1.29 is 9.59 Å². The highest BCUT2D eigenvalue weighted by Gasteiger charge is 2.15. The summed E-state index contributed by atoms with van der Waals surface area (Å²) in [5, 5.41) is 7.23. The molecule has 0 atom stereocenters. The first kappa shape index (κ1) is 14.7. The Balaban J connectivity index is 1.59. The maximum Gasteiger partial charge on any atom is 0.316 e. The van der Waals surface area contributed by atoms with Gasteiger partial charge in [-0.2, -0.15) is 0 Å². The first-order chi connectivity index (χ1) is 11.6. The van der Waals surface area contributed by atoms with Crippen LogP contribution in [-0.4, -0.2) is 21.3 Å². The molecule has 0 fully saturated rings. The van der Waals surface area contributed by atoms with Crippen LogP contribution in [0.3, 0.4) is 0 Å². The Morgan fingerprint density at radius 2 is 1.96 bits per heavy atom. The zero-order valence-electron chi connectivity index (χ0n) is 12.1. The lowest BCUT2D eigenvalue weighted by molar-refractivity contribution is 0.103. The van der Waals surface area contributed by atoms with Crippen LogP contribution in [0.15, 0.2) is 41.9 Å². The second kappa shape index (κ2) is 5.62. The highest BCUT2D eigenvalue weighted by Crippen LogP contribution is 2.28. The molecule has 3 heterocycles. The number of carbonyl (C=O) groups is 2. The molecule has 3 aromatic heterocycles. The number of thiophene rings is 1. The van der Waals surface area contributed by atoms with E-state index in [0.29, 0.717) is 16.3 Å². The molecule has 120 valence electrons. The molecule has 1 aromatic carbocycles. The van der Waals surface area contributed by atoms with Gasteiger partial charge in [-0.15, -0.1) is 22.7 Å². The van der Waals surface area contributed by atoms with Crippen LogP contribution in [0.25, 0.3) is 15.3 Å². The number of aromatic nitrogens is 2. The van der Waals surface area contributed by atoms with Gasteiger partial charge >= 0.3 is 6.03 Å². The van der Waals surface area contributed by atoms with Crippen molar-refractivity contribution in [1.82, 2.24) is 9.38 Å². The Labute approximate surface area is 143 Å². The number of urea groups is 1. The largest absolute Gasteiger partial charge is 0.351 e. The topological polar surface area (TPSA) is 102 Å². The van der Waals surface area contributed by atoms with Crippen molar-refractivity contribution in [2.24, 2.45) is 5.73 Å². The minimum absolute atomic E-state index is 0.224. The van der Waals surface area contributed by atoms with E-state index < -0.39 is 6.03 Å². The van der Waals surface area contributed by atoms with E-state index in [0.717, 1.165) is 15.3 Å². The van der Waals surface area contributed by atoms with Gasteiger partial charge in [0.15, 0.2) is 4.96 Å². The molecule has 0 radical (unpaired) electrons. The number of nitrogens with zero attached hydrogens (tertiary/aromatic N) is 2. The zero-order chi connectivity index (χ0) is 16.7. The summed E-state index contributed by atoms with van der Waals surface area (Å²) >= 11 is 2.90. The number of nitrogens with two attached hydrogens (primary N) is 1. The van der Waals surface area contributed by atoms with E-state index in [2.05, 4.69) is 15.6 Å². The van der Waals surface area contributed by atoms with Crippen molar-refractivity contribution in [3.05, 3.63) is 46.8 Å². The fraction of sp³-hybridized carbons (Fsp3) is 0. The molecule has 0 unspecified atom stereocenters. The lowest BCUT2D eigenvalue weighted by Gasteiger charge is -2.06. The number of rotatable bonds is 3. The average Bonchev–Trinajstić information content (AvgIpc) is 3.18. The number of fused-ring (bicyclic) bond motifs is 3. The molecule has 4 aromatic rings. The minimum Gasteiger partial charge on any atom is -0.351 e. The summed E-state index contributed by atoms with van der Waals surface area (Å²) in [5.41, 5.74) is 7.10. The molecule has 0 aliphatic heterocycles. The lowest BCUT2D eigenvalue weighted by atomic mass is 10.2. The Kier molecular flexibility index (Phi) is 3.44. The van der Waals surface area contributed by atoms with Gasteiger partial charge in [0.2, 0.25) is 0 Å². The summed E-state index contributed by atoms with van der Waals surface area (Å²) in [6.07, 6.45) is 1.93. The normalized spacial score (nSPS) is 11.0. The SMILES string of the molecule is NC(=O)Nc1cccc(NC(=O)c2cc3c(nc4sccn43)s2)c1. The maximum atomic E-state index is 12.4. The molecule has 0 saturated carbocycles. The van der Waals surface area contributed by atoms with Crippen LogP contribution in [-0.2, 0) is 0 Å². The summed E-state index contributed by atoms with van der Waals surface area (Å²) in [6.45, 7) is 0. The predicted octanol–water partition coefficient (Wildman–Crippen LogP) is 3.35. The van der Waals surface area contributed by atoms with Crippen LogP contribution in [0.4, 0.5) is 16.2 Å². The second-order valence-electron chi connectivity index (χ2n) is 4.99. The number of benzene rings is 1. The molecular weight excluding hydrogens is 346 g/mol. The van der Waals surface area contributed by atoms with E-state index in [1.54, 1.807) is 35.6 Å². The zero-order valence-corrected chi connectivity index (χ0v) is 13.8.